The Morgan fingerprint density at radius 2 is 1.68 bits per heavy atom. The molecule has 1 aliphatic heterocycles. The maximum atomic E-state index is 12.3. The van der Waals surface area contributed by atoms with Gasteiger partial charge >= 0.3 is 6.18 Å². The second kappa shape index (κ2) is 11.9. The monoisotopic (exact) mass is 572 g/mol. The molecule has 2 heterocycles. The summed E-state index contributed by atoms with van der Waals surface area (Å²) in [6.45, 7) is 3.14. The standard InChI is InChI=1S/C16H19N3O4S.C8H5ClF3NO/c1-23-15-5-3-2-4-14(15)18-8-10-19(11-9-18)16-7-6-13(12-17-16)24(20,21)22;9-4-1-2-5(7(13)14)6(3-4)8(10,11)12/h2-7,12H,8-11H2,1H3,(H,20,21,22);1-3H,(H2,13,14). The molecule has 0 unspecified atom stereocenters. The number of nitrogens with two attached hydrogens (primary N) is 1. The lowest BCUT2D eigenvalue weighted by molar-refractivity contribution is -0.137. The van der Waals surface area contributed by atoms with Crippen molar-refractivity contribution in [1.29, 1.82) is 0 Å². The molecule has 0 spiro atoms. The number of nitrogens with zero attached hydrogens (tertiary/aromatic N) is 3. The Bertz CT molecular complexity index is 1380. The van der Waals surface area contributed by atoms with Gasteiger partial charge in [-0.1, -0.05) is 23.7 Å². The van der Waals surface area contributed by atoms with Crippen molar-refractivity contribution in [3.05, 3.63) is 76.9 Å². The number of rotatable bonds is 5. The molecule has 1 fully saturated rings. The van der Waals surface area contributed by atoms with E-state index in [1.165, 1.54) is 18.3 Å². The van der Waals surface area contributed by atoms with Gasteiger partial charge in [0, 0.05) is 31.2 Å². The second-order valence-corrected chi connectivity index (χ2v) is 9.88. The van der Waals surface area contributed by atoms with Gasteiger partial charge in [-0.3, -0.25) is 9.35 Å². The third-order valence-corrected chi connectivity index (χ3v) is 6.67. The highest BCUT2D eigenvalue weighted by Crippen LogP contribution is 2.33. The fourth-order valence-corrected chi connectivity index (χ4v) is 4.34. The molecule has 3 N–H and O–H groups in total. The van der Waals surface area contributed by atoms with E-state index in [-0.39, 0.29) is 9.92 Å². The summed E-state index contributed by atoms with van der Waals surface area (Å²) in [5.74, 6) is 0.414. The van der Waals surface area contributed by atoms with Crippen LogP contribution in [0, 0.1) is 0 Å². The highest BCUT2D eigenvalue weighted by molar-refractivity contribution is 7.85. The lowest BCUT2D eigenvalue weighted by Crippen LogP contribution is -2.46. The van der Waals surface area contributed by atoms with Crippen LogP contribution in [0.1, 0.15) is 15.9 Å². The van der Waals surface area contributed by atoms with Gasteiger partial charge < -0.3 is 20.3 Å². The average molecular weight is 573 g/mol. The molecule has 14 heteroatoms. The number of anilines is 2. The zero-order chi connectivity index (χ0) is 28.1. The Morgan fingerprint density at radius 1 is 1.05 bits per heavy atom. The first kappa shape index (κ1) is 29.0. The van der Waals surface area contributed by atoms with Crippen LogP contribution in [0.3, 0.4) is 0 Å². The number of primary amides is 1. The number of ether oxygens (including phenoxy) is 1. The molecule has 1 aromatic heterocycles. The van der Waals surface area contributed by atoms with Crippen LogP contribution in [0.4, 0.5) is 24.7 Å². The lowest BCUT2D eigenvalue weighted by Gasteiger charge is -2.37. The molecule has 0 atom stereocenters. The first-order chi connectivity index (χ1) is 17.8. The van der Waals surface area contributed by atoms with Gasteiger partial charge in [0.05, 0.1) is 30.1 Å². The summed E-state index contributed by atoms with van der Waals surface area (Å²) in [6.07, 6.45) is -3.45. The molecule has 1 amide bonds. The summed E-state index contributed by atoms with van der Waals surface area (Å²) in [6, 6.07) is 13.7. The van der Waals surface area contributed by atoms with Gasteiger partial charge in [-0.25, -0.2) is 4.98 Å². The maximum absolute atomic E-state index is 12.3. The maximum Gasteiger partial charge on any atom is 0.417 e. The van der Waals surface area contributed by atoms with Crippen LogP contribution < -0.4 is 20.3 Å². The number of hydrogen-bond acceptors (Lipinski definition) is 7. The number of para-hydroxylation sites is 2. The number of aromatic nitrogens is 1. The van der Waals surface area contributed by atoms with Crippen molar-refractivity contribution in [2.75, 3.05) is 43.1 Å². The van der Waals surface area contributed by atoms with Crippen LogP contribution in [0.5, 0.6) is 5.75 Å². The van der Waals surface area contributed by atoms with Gasteiger partial charge in [-0.15, -0.1) is 0 Å². The Balaban J connectivity index is 0.000000244. The molecule has 0 aliphatic carbocycles. The molecule has 204 valence electrons. The normalized spacial score (nSPS) is 13.9. The molecule has 38 heavy (non-hydrogen) atoms. The summed E-state index contributed by atoms with van der Waals surface area (Å²) >= 11 is 5.38. The van der Waals surface area contributed by atoms with Crippen LogP contribution in [0.25, 0.3) is 0 Å². The third kappa shape index (κ3) is 7.27. The molecule has 1 saturated heterocycles. The largest absolute Gasteiger partial charge is 0.495 e. The van der Waals surface area contributed by atoms with E-state index in [4.69, 9.17) is 26.6 Å². The Kier molecular flexibility index (Phi) is 9.07. The number of hydrogen-bond donors (Lipinski definition) is 2. The van der Waals surface area contributed by atoms with Gasteiger partial charge in [-0.05, 0) is 42.5 Å². The van der Waals surface area contributed by atoms with Crippen molar-refractivity contribution in [2.45, 2.75) is 11.1 Å². The summed E-state index contributed by atoms with van der Waals surface area (Å²) in [5.41, 5.74) is 4.15. The van der Waals surface area contributed by atoms with Crippen LogP contribution >= 0.6 is 11.6 Å². The number of piperazine rings is 1. The van der Waals surface area contributed by atoms with Crippen LogP contribution in [-0.4, -0.2) is 57.2 Å². The van der Waals surface area contributed by atoms with Crippen LogP contribution in [-0.2, 0) is 16.3 Å². The zero-order valence-corrected chi connectivity index (χ0v) is 21.6. The third-order valence-electron chi connectivity index (χ3n) is 5.60. The number of alkyl halides is 3. The summed E-state index contributed by atoms with van der Waals surface area (Å²) in [5, 5.41) is -0.0951. The molecule has 9 nitrogen and oxygen atoms in total. The highest BCUT2D eigenvalue weighted by atomic mass is 35.5. The molecule has 0 saturated carbocycles. The second-order valence-electron chi connectivity index (χ2n) is 8.03. The van der Waals surface area contributed by atoms with Gasteiger partial charge in [0.25, 0.3) is 10.1 Å². The van der Waals surface area contributed by atoms with Crippen molar-refractivity contribution in [2.24, 2.45) is 5.73 Å². The van der Waals surface area contributed by atoms with Gasteiger partial charge in [-0.2, -0.15) is 21.6 Å². The number of methoxy groups -OCH3 is 1. The molecule has 4 rings (SSSR count). The Morgan fingerprint density at radius 3 is 2.21 bits per heavy atom. The lowest BCUT2D eigenvalue weighted by atomic mass is 10.1. The minimum Gasteiger partial charge on any atom is -0.495 e. The van der Waals surface area contributed by atoms with E-state index in [0.717, 1.165) is 43.7 Å². The minimum absolute atomic E-state index is 0.0951. The Hall–Kier alpha value is -3.55. The van der Waals surface area contributed by atoms with Crippen molar-refractivity contribution >= 4 is 39.1 Å². The number of amides is 1. The molecular formula is C24H24ClF3N4O5S. The van der Waals surface area contributed by atoms with Crippen LogP contribution in [0.15, 0.2) is 65.7 Å². The van der Waals surface area contributed by atoms with Gasteiger partial charge in [0.15, 0.2) is 0 Å². The van der Waals surface area contributed by atoms with E-state index in [1.807, 2.05) is 24.3 Å². The van der Waals surface area contributed by atoms with Crippen molar-refractivity contribution < 1.29 is 35.7 Å². The van der Waals surface area contributed by atoms with Gasteiger partial charge in [0.2, 0.25) is 5.91 Å². The first-order valence-electron chi connectivity index (χ1n) is 11.0. The smallest absolute Gasteiger partial charge is 0.417 e. The summed E-state index contributed by atoms with van der Waals surface area (Å²) < 4.78 is 73.5. The fourth-order valence-electron chi connectivity index (χ4n) is 3.75. The predicted molar refractivity (Wildman–Crippen MR) is 136 cm³/mol. The molecule has 3 aromatic rings. The van der Waals surface area contributed by atoms with E-state index in [1.54, 1.807) is 13.2 Å². The van der Waals surface area contributed by atoms with Gasteiger partial charge in [0.1, 0.15) is 16.5 Å². The van der Waals surface area contributed by atoms with E-state index >= 15 is 0 Å². The first-order valence-corrected chi connectivity index (χ1v) is 12.9. The fraction of sp³-hybridized carbons (Fsp3) is 0.250. The number of carbonyl (C=O) groups excluding carboxylic acids is 1. The van der Waals surface area contributed by atoms with E-state index in [0.29, 0.717) is 11.9 Å². The summed E-state index contributed by atoms with van der Waals surface area (Å²) in [4.78, 5) is 18.9. The van der Waals surface area contributed by atoms with Crippen LogP contribution in [0.2, 0.25) is 5.02 Å². The number of carbonyl (C=O) groups is 1. The molecule has 0 bridgehead atoms. The predicted octanol–water partition coefficient (Wildman–Crippen LogP) is 4.12. The van der Waals surface area contributed by atoms with Crippen molar-refractivity contribution in [3.63, 3.8) is 0 Å². The molecule has 0 radical (unpaired) electrons. The molecular weight excluding hydrogens is 549 g/mol. The quantitative estimate of drug-likeness (QED) is 0.437. The highest BCUT2D eigenvalue weighted by Gasteiger charge is 2.34. The Labute approximate surface area is 222 Å². The minimum atomic E-state index is -4.63. The molecule has 1 aliphatic rings. The number of benzene rings is 2. The topological polar surface area (TPSA) is 126 Å². The zero-order valence-electron chi connectivity index (χ0n) is 20.0. The number of pyridine rings is 1. The average Bonchev–Trinajstić information content (AvgIpc) is 2.88. The molecule has 2 aromatic carbocycles. The SMILES string of the molecule is COc1ccccc1N1CCN(c2ccc(S(=O)(=O)O)cn2)CC1.NC(=O)c1ccc(Cl)cc1C(F)(F)F. The van der Waals surface area contributed by atoms with E-state index in [9.17, 15) is 26.4 Å². The van der Waals surface area contributed by atoms with Crippen molar-refractivity contribution in [3.8, 4) is 5.75 Å². The van der Waals surface area contributed by atoms with E-state index < -0.39 is 33.3 Å². The summed E-state index contributed by atoms with van der Waals surface area (Å²) in [7, 11) is -2.54. The number of halogens is 4. The van der Waals surface area contributed by atoms with E-state index in [2.05, 4.69) is 14.8 Å². The van der Waals surface area contributed by atoms with Crippen molar-refractivity contribution in [1.82, 2.24) is 4.98 Å².